The van der Waals surface area contributed by atoms with E-state index in [0.29, 0.717) is 13.1 Å². The molecule has 1 aromatic rings. The minimum absolute atomic E-state index is 0.230. The van der Waals surface area contributed by atoms with Gasteiger partial charge in [0.15, 0.2) is 0 Å². The number of halogens is 1. The SMILES string of the molecule is CC(C)(C)OC(=O)N1CCN(c2cc(CN3CCCCC3)ccc2Cl)CC1. The van der Waals surface area contributed by atoms with Crippen LogP contribution in [0.25, 0.3) is 0 Å². The van der Waals surface area contributed by atoms with Crippen LogP contribution in [-0.4, -0.2) is 60.8 Å². The van der Waals surface area contributed by atoms with Crippen molar-refractivity contribution in [1.82, 2.24) is 9.80 Å². The van der Waals surface area contributed by atoms with E-state index in [0.717, 1.165) is 30.3 Å². The van der Waals surface area contributed by atoms with Gasteiger partial charge < -0.3 is 14.5 Å². The number of nitrogens with zero attached hydrogens (tertiary/aromatic N) is 3. The molecule has 6 heteroatoms. The fourth-order valence-electron chi connectivity index (χ4n) is 3.73. The standard InChI is InChI=1S/C21H32ClN3O2/c1-21(2,3)27-20(26)25-13-11-24(12-14-25)19-15-17(7-8-18(19)22)16-23-9-5-4-6-10-23/h7-8,15H,4-6,9-14,16H2,1-3H3. The number of anilines is 1. The predicted octanol–water partition coefficient (Wildman–Crippen LogP) is 4.38. The number of piperazine rings is 1. The van der Waals surface area contributed by atoms with Crippen LogP contribution in [0, 0.1) is 0 Å². The van der Waals surface area contributed by atoms with E-state index in [2.05, 4.69) is 21.9 Å². The van der Waals surface area contributed by atoms with Gasteiger partial charge in [-0.2, -0.15) is 0 Å². The smallest absolute Gasteiger partial charge is 0.410 e. The van der Waals surface area contributed by atoms with Gasteiger partial charge in [0.05, 0.1) is 10.7 Å². The van der Waals surface area contributed by atoms with Crippen molar-refractivity contribution in [3.8, 4) is 0 Å². The summed E-state index contributed by atoms with van der Waals surface area (Å²) in [5.74, 6) is 0. The zero-order valence-electron chi connectivity index (χ0n) is 16.8. The molecule has 0 atom stereocenters. The molecule has 5 nitrogen and oxygen atoms in total. The highest BCUT2D eigenvalue weighted by Gasteiger charge is 2.26. The Morgan fingerprint density at radius 3 is 2.33 bits per heavy atom. The maximum absolute atomic E-state index is 12.3. The average Bonchev–Trinajstić information content (AvgIpc) is 2.63. The van der Waals surface area contributed by atoms with Gasteiger partial charge in [0.2, 0.25) is 0 Å². The number of amides is 1. The lowest BCUT2D eigenvalue weighted by molar-refractivity contribution is 0.0240. The maximum Gasteiger partial charge on any atom is 0.410 e. The molecule has 0 aromatic heterocycles. The molecule has 27 heavy (non-hydrogen) atoms. The van der Waals surface area contributed by atoms with Crippen LogP contribution in [0.2, 0.25) is 5.02 Å². The van der Waals surface area contributed by atoms with Gasteiger partial charge in [-0.3, -0.25) is 4.90 Å². The third-order valence-corrected chi connectivity index (χ3v) is 5.46. The molecular formula is C21H32ClN3O2. The first kappa shape index (κ1) is 20.3. The van der Waals surface area contributed by atoms with Crippen molar-refractivity contribution in [2.45, 2.75) is 52.2 Å². The third kappa shape index (κ3) is 5.76. The largest absolute Gasteiger partial charge is 0.444 e. The summed E-state index contributed by atoms with van der Waals surface area (Å²) in [6.07, 6.45) is 3.72. The van der Waals surface area contributed by atoms with Gasteiger partial charge in [-0.05, 0) is 64.4 Å². The molecule has 0 saturated carbocycles. The van der Waals surface area contributed by atoms with Crippen molar-refractivity contribution < 1.29 is 9.53 Å². The van der Waals surface area contributed by atoms with Crippen molar-refractivity contribution in [2.24, 2.45) is 0 Å². The lowest BCUT2D eigenvalue weighted by atomic mass is 10.1. The van der Waals surface area contributed by atoms with Crippen LogP contribution >= 0.6 is 11.6 Å². The summed E-state index contributed by atoms with van der Waals surface area (Å²) in [6, 6.07) is 6.37. The molecule has 1 aromatic carbocycles. The maximum atomic E-state index is 12.3. The third-order valence-electron chi connectivity index (χ3n) is 5.14. The van der Waals surface area contributed by atoms with Gasteiger partial charge in [-0.25, -0.2) is 4.79 Å². The normalized spacial score (nSPS) is 19.3. The zero-order chi connectivity index (χ0) is 19.4. The van der Waals surface area contributed by atoms with Gasteiger partial charge in [-0.1, -0.05) is 24.1 Å². The first-order valence-electron chi connectivity index (χ1n) is 10.1. The van der Waals surface area contributed by atoms with Crippen LogP contribution in [-0.2, 0) is 11.3 Å². The molecule has 0 N–H and O–H groups in total. The fourth-order valence-corrected chi connectivity index (χ4v) is 3.97. The van der Waals surface area contributed by atoms with Gasteiger partial charge in [0.1, 0.15) is 5.60 Å². The van der Waals surface area contributed by atoms with Crippen LogP contribution < -0.4 is 4.90 Å². The molecule has 0 unspecified atom stereocenters. The average molecular weight is 394 g/mol. The summed E-state index contributed by atoms with van der Waals surface area (Å²) in [5, 5.41) is 0.781. The Morgan fingerprint density at radius 2 is 1.70 bits per heavy atom. The lowest BCUT2D eigenvalue weighted by Gasteiger charge is -2.37. The Bertz CT molecular complexity index is 645. The molecule has 1 amide bonds. The van der Waals surface area contributed by atoms with Crippen molar-refractivity contribution in [2.75, 3.05) is 44.2 Å². The molecule has 2 fully saturated rings. The first-order chi connectivity index (χ1) is 12.8. The Morgan fingerprint density at radius 1 is 1.04 bits per heavy atom. The van der Waals surface area contributed by atoms with E-state index in [9.17, 15) is 4.79 Å². The van der Waals surface area contributed by atoms with Crippen molar-refractivity contribution >= 4 is 23.4 Å². The van der Waals surface area contributed by atoms with Crippen LogP contribution in [0.5, 0.6) is 0 Å². The number of carbonyl (C=O) groups excluding carboxylic acids is 1. The second-order valence-electron chi connectivity index (χ2n) is 8.58. The zero-order valence-corrected chi connectivity index (χ0v) is 17.6. The summed E-state index contributed by atoms with van der Waals surface area (Å²) < 4.78 is 5.48. The van der Waals surface area contributed by atoms with Crippen LogP contribution in [0.3, 0.4) is 0 Å². The molecule has 3 rings (SSSR count). The molecule has 2 aliphatic rings. The van der Waals surface area contributed by atoms with E-state index < -0.39 is 5.60 Å². The molecule has 0 aliphatic carbocycles. The molecule has 2 aliphatic heterocycles. The fraction of sp³-hybridized carbons (Fsp3) is 0.667. The number of piperidine rings is 1. The number of hydrogen-bond donors (Lipinski definition) is 0. The Balaban J connectivity index is 1.60. The summed E-state index contributed by atoms with van der Waals surface area (Å²) in [5.41, 5.74) is 1.93. The van der Waals surface area contributed by atoms with Gasteiger partial charge >= 0.3 is 6.09 Å². The van der Waals surface area contributed by atoms with E-state index in [1.807, 2.05) is 26.8 Å². The number of likely N-dealkylation sites (tertiary alicyclic amines) is 1. The van der Waals surface area contributed by atoms with Gasteiger partial charge in [-0.15, -0.1) is 0 Å². The second-order valence-corrected chi connectivity index (χ2v) is 8.98. The van der Waals surface area contributed by atoms with Crippen LogP contribution in [0.4, 0.5) is 10.5 Å². The number of rotatable bonds is 3. The number of ether oxygens (including phenoxy) is 1. The topological polar surface area (TPSA) is 36.0 Å². The second kappa shape index (κ2) is 8.70. The first-order valence-corrected chi connectivity index (χ1v) is 10.4. The van der Waals surface area contributed by atoms with E-state index in [1.54, 1.807) is 4.90 Å². The Labute approximate surface area is 168 Å². The Hall–Kier alpha value is -1.46. The molecule has 0 spiro atoms. The lowest BCUT2D eigenvalue weighted by Crippen LogP contribution is -2.50. The van der Waals surface area contributed by atoms with E-state index in [-0.39, 0.29) is 6.09 Å². The monoisotopic (exact) mass is 393 g/mol. The van der Waals surface area contributed by atoms with Gasteiger partial charge in [0.25, 0.3) is 0 Å². The molecule has 0 radical (unpaired) electrons. The quantitative estimate of drug-likeness (QED) is 0.763. The van der Waals surface area contributed by atoms with Crippen molar-refractivity contribution in [3.05, 3.63) is 28.8 Å². The van der Waals surface area contributed by atoms with E-state index in [4.69, 9.17) is 16.3 Å². The van der Waals surface area contributed by atoms with Crippen molar-refractivity contribution in [1.29, 1.82) is 0 Å². The molecule has 0 bridgehead atoms. The minimum atomic E-state index is -0.458. The minimum Gasteiger partial charge on any atom is -0.444 e. The summed E-state index contributed by atoms with van der Waals surface area (Å²) in [4.78, 5) is 18.8. The summed E-state index contributed by atoms with van der Waals surface area (Å²) in [7, 11) is 0. The van der Waals surface area contributed by atoms with Crippen LogP contribution in [0.15, 0.2) is 18.2 Å². The molecule has 2 saturated heterocycles. The highest BCUT2D eigenvalue weighted by Crippen LogP contribution is 2.29. The van der Waals surface area contributed by atoms with Crippen molar-refractivity contribution in [3.63, 3.8) is 0 Å². The Kier molecular flexibility index (Phi) is 6.53. The summed E-state index contributed by atoms with van der Waals surface area (Å²) in [6.45, 7) is 11.9. The van der Waals surface area contributed by atoms with E-state index >= 15 is 0 Å². The number of benzene rings is 1. The highest BCUT2D eigenvalue weighted by atomic mass is 35.5. The number of carbonyl (C=O) groups is 1. The van der Waals surface area contributed by atoms with E-state index in [1.165, 1.54) is 37.9 Å². The highest BCUT2D eigenvalue weighted by molar-refractivity contribution is 6.33. The van der Waals surface area contributed by atoms with Crippen LogP contribution in [0.1, 0.15) is 45.6 Å². The molecule has 2 heterocycles. The molecule has 150 valence electrons. The summed E-state index contributed by atoms with van der Waals surface area (Å²) >= 11 is 6.50. The molecular weight excluding hydrogens is 362 g/mol. The predicted molar refractivity (Wildman–Crippen MR) is 111 cm³/mol. The number of hydrogen-bond acceptors (Lipinski definition) is 4. The van der Waals surface area contributed by atoms with Gasteiger partial charge in [0, 0.05) is 32.7 Å².